The molecule has 0 radical (unpaired) electrons. The Morgan fingerprint density at radius 1 is 1.50 bits per heavy atom. The van der Waals surface area contributed by atoms with E-state index in [9.17, 15) is 9.59 Å². The maximum Gasteiger partial charge on any atom is 0.253 e. The average molecular weight is 200 g/mol. The maximum absolute atomic E-state index is 11.5. The molecule has 6 nitrogen and oxygen atoms in total. The number of hydrogen-bond donors (Lipinski definition) is 3. The molecule has 1 atom stereocenters. The number of hydrogen-bond acceptors (Lipinski definition) is 4. The summed E-state index contributed by atoms with van der Waals surface area (Å²) in [6, 6.07) is -0.631. The molecule has 0 saturated carbocycles. The molecule has 0 aromatic carbocycles. The molecule has 0 bridgehead atoms. The van der Waals surface area contributed by atoms with E-state index in [1.807, 2.05) is 0 Å². The van der Waals surface area contributed by atoms with E-state index in [-0.39, 0.29) is 12.3 Å². The molecule has 1 saturated heterocycles. The first-order valence-electron chi connectivity index (χ1n) is 4.70. The lowest BCUT2D eigenvalue weighted by molar-refractivity contribution is -0.134. The summed E-state index contributed by atoms with van der Waals surface area (Å²) >= 11 is 0. The zero-order valence-corrected chi connectivity index (χ0v) is 8.03. The van der Waals surface area contributed by atoms with Gasteiger partial charge in [-0.15, -0.1) is 0 Å². The van der Waals surface area contributed by atoms with Crippen molar-refractivity contribution in [3.63, 3.8) is 0 Å². The van der Waals surface area contributed by atoms with Gasteiger partial charge in [0.1, 0.15) is 0 Å². The Labute approximate surface area is 82.6 Å². The Bertz CT molecular complexity index is 225. The highest BCUT2D eigenvalue weighted by atomic mass is 16.2. The Hall–Kier alpha value is -1.14. The van der Waals surface area contributed by atoms with Crippen molar-refractivity contribution in [1.82, 2.24) is 10.4 Å². The summed E-state index contributed by atoms with van der Waals surface area (Å²) in [5.74, 6) is -0.591. The van der Waals surface area contributed by atoms with Crippen LogP contribution in [0.25, 0.3) is 0 Å². The quantitative estimate of drug-likeness (QED) is 0.504. The van der Waals surface area contributed by atoms with Gasteiger partial charge in [0.25, 0.3) is 5.91 Å². The Balaban J connectivity index is 2.31. The first kappa shape index (κ1) is 10.9. The van der Waals surface area contributed by atoms with Gasteiger partial charge >= 0.3 is 0 Å². The number of carbonyl (C=O) groups is 2. The normalized spacial score (nSPS) is 18.2. The van der Waals surface area contributed by atoms with Gasteiger partial charge in [0, 0.05) is 19.5 Å². The minimum Gasteiger partial charge on any atom is -0.370 e. The van der Waals surface area contributed by atoms with E-state index in [0.717, 1.165) is 13.0 Å². The second-order valence-electron chi connectivity index (χ2n) is 3.36. The number of hydrazine groups is 1. The third kappa shape index (κ3) is 2.97. The number of primary amides is 1. The van der Waals surface area contributed by atoms with Crippen LogP contribution in [0.4, 0.5) is 0 Å². The molecule has 0 aromatic rings. The molecule has 80 valence electrons. The van der Waals surface area contributed by atoms with Crippen molar-refractivity contribution in [2.45, 2.75) is 25.3 Å². The minimum atomic E-state index is -0.631. The van der Waals surface area contributed by atoms with Crippen LogP contribution in [-0.2, 0) is 9.59 Å². The zero-order chi connectivity index (χ0) is 10.6. The van der Waals surface area contributed by atoms with Crippen LogP contribution in [0.2, 0.25) is 0 Å². The summed E-state index contributed by atoms with van der Waals surface area (Å²) < 4.78 is 0. The maximum atomic E-state index is 11.5. The molecule has 1 aliphatic rings. The lowest BCUT2D eigenvalue weighted by Crippen LogP contribution is -2.47. The topological polar surface area (TPSA) is 101 Å². The van der Waals surface area contributed by atoms with Crippen molar-refractivity contribution < 1.29 is 9.59 Å². The zero-order valence-electron chi connectivity index (χ0n) is 8.03. The summed E-state index contributed by atoms with van der Waals surface area (Å²) in [7, 11) is 0. The monoisotopic (exact) mass is 200 g/mol. The molecule has 1 rings (SSSR count). The highest BCUT2D eigenvalue weighted by molar-refractivity contribution is 5.82. The molecule has 1 heterocycles. The summed E-state index contributed by atoms with van der Waals surface area (Å²) in [5.41, 5.74) is 13.5. The fraction of sp³-hybridized carbons (Fsp3) is 0.750. The lowest BCUT2D eigenvalue weighted by atomic mass is 10.1. The Morgan fingerprint density at radius 2 is 2.21 bits per heavy atom. The van der Waals surface area contributed by atoms with E-state index < -0.39 is 11.9 Å². The van der Waals surface area contributed by atoms with Crippen LogP contribution < -0.4 is 16.9 Å². The third-order valence-corrected chi connectivity index (χ3v) is 2.15. The van der Waals surface area contributed by atoms with Gasteiger partial charge in [0.15, 0.2) is 0 Å². The van der Waals surface area contributed by atoms with Crippen LogP contribution in [-0.4, -0.2) is 36.0 Å². The van der Waals surface area contributed by atoms with Crippen LogP contribution in [0.1, 0.15) is 19.3 Å². The van der Waals surface area contributed by atoms with Crippen molar-refractivity contribution >= 4 is 11.8 Å². The van der Waals surface area contributed by atoms with Crippen molar-refractivity contribution in [3.05, 3.63) is 0 Å². The Kier molecular flexibility index (Phi) is 3.84. The van der Waals surface area contributed by atoms with Crippen molar-refractivity contribution in [1.29, 1.82) is 0 Å². The van der Waals surface area contributed by atoms with E-state index in [2.05, 4.69) is 5.43 Å². The van der Waals surface area contributed by atoms with E-state index in [1.54, 1.807) is 0 Å². The predicted molar refractivity (Wildman–Crippen MR) is 50.7 cm³/mol. The lowest BCUT2D eigenvalue weighted by Gasteiger charge is -2.19. The van der Waals surface area contributed by atoms with Gasteiger partial charge < -0.3 is 11.5 Å². The second kappa shape index (κ2) is 4.92. The summed E-state index contributed by atoms with van der Waals surface area (Å²) in [6.45, 7) is 1.48. The molecule has 1 aliphatic heterocycles. The van der Waals surface area contributed by atoms with E-state index in [1.165, 1.54) is 5.01 Å². The van der Waals surface area contributed by atoms with Crippen LogP contribution in [0.5, 0.6) is 0 Å². The van der Waals surface area contributed by atoms with E-state index in [0.29, 0.717) is 13.0 Å². The summed E-state index contributed by atoms with van der Waals surface area (Å²) in [4.78, 5) is 22.0. The first-order chi connectivity index (χ1) is 6.61. The molecular weight excluding hydrogens is 184 g/mol. The van der Waals surface area contributed by atoms with Crippen molar-refractivity contribution in [3.8, 4) is 0 Å². The molecule has 2 amide bonds. The number of nitrogens with two attached hydrogens (primary N) is 2. The summed E-state index contributed by atoms with van der Waals surface area (Å²) in [6.07, 6.45) is 1.40. The van der Waals surface area contributed by atoms with E-state index >= 15 is 0 Å². The second-order valence-corrected chi connectivity index (χ2v) is 3.36. The largest absolute Gasteiger partial charge is 0.370 e. The molecule has 0 unspecified atom stereocenters. The average Bonchev–Trinajstić information content (AvgIpc) is 2.65. The number of rotatable bonds is 4. The highest BCUT2D eigenvalue weighted by Gasteiger charge is 2.23. The third-order valence-electron chi connectivity index (χ3n) is 2.15. The van der Waals surface area contributed by atoms with Crippen LogP contribution in [0.3, 0.4) is 0 Å². The Morgan fingerprint density at radius 3 is 2.71 bits per heavy atom. The molecule has 1 fully saturated rings. The predicted octanol–water partition coefficient (Wildman–Crippen LogP) is -1.68. The number of amides is 2. The molecular formula is C8H16N4O2. The molecule has 0 spiro atoms. The molecule has 6 heteroatoms. The first-order valence-corrected chi connectivity index (χ1v) is 4.70. The van der Waals surface area contributed by atoms with Gasteiger partial charge in [-0.05, 0) is 12.8 Å². The van der Waals surface area contributed by atoms with E-state index in [4.69, 9.17) is 11.5 Å². The van der Waals surface area contributed by atoms with Crippen LogP contribution in [0, 0.1) is 0 Å². The summed E-state index contributed by atoms with van der Waals surface area (Å²) in [5, 5.41) is 1.51. The fourth-order valence-electron chi connectivity index (χ4n) is 1.34. The molecule has 0 aromatic heterocycles. The number of nitrogens with one attached hydrogen (secondary N) is 1. The van der Waals surface area contributed by atoms with Crippen molar-refractivity contribution in [2.24, 2.45) is 11.5 Å². The SMILES string of the molecule is NC(=O)CC[C@H](N)C(=O)N1CCCN1. The van der Waals surface area contributed by atoms with Gasteiger partial charge in [-0.3, -0.25) is 14.6 Å². The smallest absolute Gasteiger partial charge is 0.253 e. The number of carbonyl (C=O) groups excluding carboxylic acids is 2. The van der Waals surface area contributed by atoms with Gasteiger partial charge in [-0.2, -0.15) is 0 Å². The minimum absolute atomic E-state index is 0.154. The standard InChI is InChI=1S/C8H16N4O2/c9-6(2-3-7(10)13)8(14)12-5-1-4-11-12/h6,11H,1-5,9H2,(H2,10,13)/t6-/m0/s1. The molecule has 5 N–H and O–H groups in total. The van der Waals surface area contributed by atoms with Crippen molar-refractivity contribution in [2.75, 3.05) is 13.1 Å². The fourth-order valence-corrected chi connectivity index (χ4v) is 1.34. The van der Waals surface area contributed by atoms with Crippen LogP contribution in [0.15, 0.2) is 0 Å². The number of nitrogens with zero attached hydrogens (tertiary/aromatic N) is 1. The molecule has 14 heavy (non-hydrogen) atoms. The van der Waals surface area contributed by atoms with Crippen LogP contribution >= 0.6 is 0 Å². The van der Waals surface area contributed by atoms with Gasteiger partial charge in [-0.25, -0.2) is 5.43 Å². The molecule has 0 aliphatic carbocycles. The van der Waals surface area contributed by atoms with Gasteiger partial charge in [0.2, 0.25) is 5.91 Å². The highest BCUT2D eigenvalue weighted by Crippen LogP contribution is 2.02. The van der Waals surface area contributed by atoms with Gasteiger partial charge in [-0.1, -0.05) is 0 Å². The van der Waals surface area contributed by atoms with Gasteiger partial charge in [0.05, 0.1) is 6.04 Å².